The molecule has 2 aromatic carbocycles. The van der Waals surface area contributed by atoms with Crippen molar-refractivity contribution in [1.82, 2.24) is 4.90 Å². The van der Waals surface area contributed by atoms with E-state index in [1.54, 1.807) is 19.2 Å². The Balaban J connectivity index is 2.05. The molecule has 0 aliphatic carbocycles. The fourth-order valence-electron chi connectivity index (χ4n) is 2.47. The van der Waals surface area contributed by atoms with Gasteiger partial charge in [-0.2, -0.15) is 0 Å². The Kier molecular flexibility index (Phi) is 3.56. The average Bonchev–Trinajstić information content (AvgIpc) is 2.77. The molecule has 0 atom stereocenters. The third kappa shape index (κ3) is 2.65. The van der Waals surface area contributed by atoms with Crippen LogP contribution in [0.25, 0.3) is 0 Å². The maximum absolute atomic E-state index is 13.7. The summed E-state index contributed by atoms with van der Waals surface area (Å²) in [7, 11) is -2.77. The molecule has 0 spiro atoms. The molecule has 1 aliphatic rings. The van der Waals surface area contributed by atoms with Crippen molar-refractivity contribution >= 4 is 21.6 Å². The van der Waals surface area contributed by atoms with Crippen LogP contribution < -0.4 is 4.72 Å². The number of anilines is 1. The Morgan fingerprint density at radius 2 is 1.91 bits per heavy atom. The van der Waals surface area contributed by atoms with E-state index in [1.165, 1.54) is 11.0 Å². The molecule has 1 N–H and O–H groups in total. The molecule has 0 aromatic heterocycles. The van der Waals surface area contributed by atoms with E-state index < -0.39 is 26.6 Å². The fourth-order valence-corrected chi connectivity index (χ4v) is 3.63. The van der Waals surface area contributed by atoms with Gasteiger partial charge in [0.2, 0.25) is 0 Å². The molecule has 3 rings (SSSR count). The minimum atomic E-state index is -4.36. The number of halogens is 2. The van der Waals surface area contributed by atoms with E-state index in [0.29, 0.717) is 18.2 Å². The van der Waals surface area contributed by atoms with Crippen LogP contribution in [-0.2, 0) is 16.6 Å². The van der Waals surface area contributed by atoms with Crippen molar-refractivity contribution in [3.8, 4) is 0 Å². The maximum Gasteiger partial charge on any atom is 0.264 e. The number of nitrogens with zero attached hydrogens (tertiary/aromatic N) is 1. The highest BCUT2D eigenvalue weighted by molar-refractivity contribution is 7.92. The molecule has 8 heteroatoms. The van der Waals surface area contributed by atoms with Gasteiger partial charge >= 0.3 is 0 Å². The molecule has 2 aromatic rings. The average molecular weight is 338 g/mol. The predicted octanol–water partition coefficient (Wildman–Crippen LogP) is 2.35. The molecule has 1 heterocycles. The molecule has 120 valence electrons. The highest BCUT2D eigenvalue weighted by Gasteiger charge is 2.29. The minimum absolute atomic E-state index is 0.0421. The van der Waals surface area contributed by atoms with Crippen molar-refractivity contribution in [2.45, 2.75) is 11.4 Å². The number of benzene rings is 2. The highest BCUT2D eigenvalue weighted by Crippen LogP contribution is 2.30. The molecule has 23 heavy (non-hydrogen) atoms. The van der Waals surface area contributed by atoms with Crippen molar-refractivity contribution in [2.75, 3.05) is 11.8 Å². The van der Waals surface area contributed by atoms with E-state index >= 15 is 0 Å². The minimum Gasteiger partial charge on any atom is -0.337 e. The number of carbonyl (C=O) groups excluding carboxylic acids is 1. The quantitative estimate of drug-likeness (QED) is 0.934. The van der Waals surface area contributed by atoms with E-state index in [2.05, 4.69) is 4.72 Å². The third-order valence-corrected chi connectivity index (χ3v) is 4.93. The van der Waals surface area contributed by atoms with E-state index in [0.717, 1.165) is 12.1 Å². The maximum atomic E-state index is 13.7. The highest BCUT2D eigenvalue weighted by atomic mass is 32.2. The number of nitrogens with one attached hydrogen (secondary N) is 1. The summed E-state index contributed by atoms with van der Waals surface area (Å²) in [4.78, 5) is 12.7. The zero-order valence-electron chi connectivity index (χ0n) is 12.0. The Morgan fingerprint density at radius 3 is 2.65 bits per heavy atom. The molecule has 0 radical (unpaired) electrons. The number of hydrogen-bond donors (Lipinski definition) is 1. The molecule has 0 fully saturated rings. The smallest absolute Gasteiger partial charge is 0.264 e. The summed E-state index contributed by atoms with van der Waals surface area (Å²) in [5.41, 5.74) is 0.924. The number of fused-ring (bicyclic) bond motifs is 1. The van der Waals surface area contributed by atoms with Crippen LogP contribution in [0, 0.1) is 11.6 Å². The molecule has 0 bridgehead atoms. The Labute approximate surface area is 131 Å². The first kappa shape index (κ1) is 15.4. The summed E-state index contributed by atoms with van der Waals surface area (Å²) in [5.74, 6) is -2.28. The third-order valence-electron chi connectivity index (χ3n) is 3.55. The molecule has 1 aliphatic heterocycles. The summed E-state index contributed by atoms with van der Waals surface area (Å²) >= 11 is 0. The Hall–Kier alpha value is -2.48. The van der Waals surface area contributed by atoms with Gasteiger partial charge in [0.15, 0.2) is 0 Å². The second kappa shape index (κ2) is 5.31. The first-order valence-electron chi connectivity index (χ1n) is 6.65. The topological polar surface area (TPSA) is 66.5 Å². The van der Waals surface area contributed by atoms with E-state index in [-0.39, 0.29) is 17.2 Å². The lowest BCUT2D eigenvalue weighted by molar-refractivity contribution is 0.0817. The van der Waals surface area contributed by atoms with Gasteiger partial charge in [0, 0.05) is 13.6 Å². The van der Waals surface area contributed by atoms with Gasteiger partial charge in [-0.05, 0) is 29.8 Å². The molecule has 0 saturated carbocycles. The van der Waals surface area contributed by atoms with Gasteiger partial charge in [-0.15, -0.1) is 0 Å². The monoisotopic (exact) mass is 338 g/mol. The van der Waals surface area contributed by atoms with Crippen LogP contribution in [0.2, 0.25) is 0 Å². The van der Waals surface area contributed by atoms with Gasteiger partial charge in [0.25, 0.3) is 15.9 Å². The van der Waals surface area contributed by atoms with Crippen molar-refractivity contribution in [3.05, 3.63) is 59.2 Å². The first-order chi connectivity index (χ1) is 10.8. The molecular formula is C15H12F2N2O3S. The van der Waals surface area contributed by atoms with Crippen LogP contribution in [0.4, 0.5) is 14.5 Å². The fraction of sp³-hybridized carbons (Fsp3) is 0.133. The second-order valence-electron chi connectivity index (χ2n) is 5.18. The van der Waals surface area contributed by atoms with Crippen molar-refractivity contribution < 1.29 is 22.0 Å². The van der Waals surface area contributed by atoms with Crippen molar-refractivity contribution in [3.63, 3.8) is 0 Å². The number of sulfonamides is 1. The van der Waals surface area contributed by atoms with Crippen LogP contribution in [0.1, 0.15) is 15.9 Å². The summed E-state index contributed by atoms with van der Waals surface area (Å²) in [6, 6.07) is 6.85. The lowest BCUT2D eigenvalue weighted by Crippen LogP contribution is -2.20. The van der Waals surface area contributed by atoms with Crippen LogP contribution in [0.3, 0.4) is 0 Å². The van der Waals surface area contributed by atoms with Gasteiger partial charge < -0.3 is 4.90 Å². The largest absolute Gasteiger partial charge is 0.337 e. The number of hydrogen-bond acceptors (Lipinski definition) is 3. The van der Waals surface area contributed by atoms with Gasteiger partial charge in [0.1, 0.15) is 16.5 Å². The zero-order valence-corrected chi connectivity index (χ0v) is 12.8. The van der Waals surface area contributed by atoms with E-state index in [1.807, 2.05) is 0 Å². The van der Waals surface area contributed by atoms with Crippen LogP contribution in [0.15, 0.2) is 41.3 Å². The summed E-state index contributed by atoms with van der Waals surface area (Å²) < 4.78 is 53.8. The molecule has 5 nitrogen and oxygen atoms in total. The molecule has 0 saturated heterocycles. The normalized spacial score (nSPS) is 14.0. The standard InChI is InChI=1S/C15H12F2N2O3S/c1-19-8-9-3-2-4-12(14(9)15(19)20)18-23(21,22)13-7-10(16)5-6-11(13)17/h2-7,18H,8H2,1H3. The van der Waals surface area contributed by atoms with Crippen LogP contribution in [-0.4, -0.2) is 26.3 Å². The van der Waals surface area contributed by atoms with Crippen molar-refractivity contribution in [1.29, 1.82) is 0 Å². The molecular weight excluding hydrogens is 326 g/mol. The first-order valence-corrected chi connectivity index (χ1v) is 8.13. The Morgan fingerprint density at radius 1 is 1.17 bits per heavy atom. The number of carbonyl (C=O) groups is 1. The number of amides is 1. The summed E-state index contributed by atoms with van der Waals surface area (Å²) in [6.45, 7) is 0.359. The summed E-state index contributed by atoms with van der Waals surface area (Å²) in [5, 5.41) is 0. The predicted molar refractivity (Wildman–Crippen MR) is 79.4 cm³/mol. The van der Waals surface area contributed by atoms with Crippen molar-refractivity contribution in [2.24, 2.45) is 0 Å². The van der Waals surface area contributed by atoms with Gasteiger partial charge in [-0.3, -0.25) is 9.52 Å². The zero-order chi connectivity index (χ0) is 16.8. The molecule has 0 unspecified atom stereocenters. The lowest BCUT2D eigenvalue weighted by atomic mass is 10.1. The van der Waals surface area contributed by atoms with Gasteiger partial charge in [-0.1, -0.05) is 12.1 Å². The van der Waals surface area contributed by atoms with Crippen LogP contribution in [0.5, 0.6) is 0 Å². The van der Waals surface area contributed by atoms with E-state index in [9.17, 15) is 22.0 Å². The summed E-state index contributed by atoms with van der Waals surface area (Å²) in [6.07, 6.45) is 0. The van der Waals surface area contributed by atoms with Gasteiger partial charge in [0.05, 0.1) is 11.3 Å². The SMILES string of the molecule is CN1Cc2cccc(NS(=O)(=O)c3cc(F)ccc3F)c2C1=O. The Bertz CT molecular complexity index is 913. The van der Waals surface area contributed by atoms with Gasteiger partial charge in [-0.25, -0.2) is 17.2 Å². The lowest BCUT2D eigenvalue weighted by Gasteiger charge is -2.12. The van der Waals surface area contributed by atoms with E-state index in [4.69, 9.17) is 0 Å². The van der Waals surface area contributed by atoms with Crippen LogP contribution >= 0.6 is 0 Å². The molecule has 1 amide bonds. The number of rotatable bonds is 3. The second-order valence-corrected chi connectivity index (χ2v) is 6.83.